The Labute approximate surface area is 177 Å². The number of piperidine rings is 1. The maximum absolute atomic E-state index is 12.7. The Morgan fingerprint density at radius 3 is 2.77 bits per heavy atom. The minimum atomic E-state index is -0.174. The van der Waals surface area contributed by atoms with Gasteiger partial charge < -0.3 is 23.7 Å². The van der Waals surface area contributed by atoms with Gasteiger partial charge in [-0.15, -0.1) is 0 Å². The highest BCUT2D eigenvalue weighted by molar-refractivity contribution is 5.90. The van der Waals surface area contributed by atoms with Gasteiger partial charge in [-0.2, -0.15) is 0 Å². The van der Waals surface area contributed by atoms with Crippen LogP contribution in [0, 0.1) is 0 Å². The van der Waals surface area contributed by atoms with Gasteiger partial charge in [0.25, 0.3) is 5.91 Å². The van der Waals surface area contributed by atoms with Crippen molar-refractivity contribution in [2.45, 2.75) is 44.0 Å². The van der Waals surface area contributed by atoms with Crippen LogP contribution in [-0.2, 0) is 27.9 Å². The number of ether oxygens (including phenoxy) is 3. The monoisotopic (exact) mass is 413 g/mol. The number of carbonyl (C=O) groups excluding carboxylic acids is 1. The third-order valence-corrected chi connectivity index (χ3v) is 6.11. The number of imidazole rings is 1. The number of hydrogen-bond acceptors (Lipinski definition) is 5. The lowest BCUT2D eigenvalue weighted by molar-refractivity contribution is -0.155. The first-order chi connectivity index (χ1) is 14.7. The topological polar surface area (TPSA) is 65.8 Å². The zero-order chi connectivity index (χ0) is 20.8. The minimum Gasteiger partial charge on any atom is -0.376 e. The number of aryl methyl sites for hydroxylation is 1. The van der Waals surface area contributed by atoms with Gasteiger partial charge in [0.05, 0.1) is 31.5 Å². The zero-order valence-electron chi connectivity index (χ0n) is 17.7. The second kappa shape index (κ2) is 9.73. The first-order valence-corrected chi connectivity index (χ1v) is 10.8. The SMILES string of the molecule is Cn1ccnc1C(=O)N1CCC2(CC1)CC(OCCOCc1ccccc1)CCO2. The van der Waals surface area contributed by atoms with Crippen molar-refractivity contribution in [2.75, 3.05) is 32.9 Å². The van der Waals surface area contributed by atoms with Gasteiger partial charge in [0, 0.05) is 45.6 Å². The predicted molar refractivity (Wildman–Crippen MR) is 112 cm³/mol. The number of carbonyl (C=O) groups is 1. The van der Waals surface area contributed by atoms with Gasteiger partial charge in [0.15, 0.2) is 5.82 Å². The van der Waals surface area contributed by atoms with E-state index in [1.807, 2.05) is 30.1 Å². The van der Waals surface area contributed by atoms with E-state index < -0.39 is 0 Å². The summed E-state index contributed by atoms with van der Waals surface area (Å²) >= 11 is 0. The molecule has 7 heteroatoms. The fourth-order valence-corrected chi connectivity index (χ4v) is 4.34. The third kappa shape index (κ3) is 5.09. The van der Waals surface area contributed by atoms with Crippen molar-refractivity contribution in [3.63, 3.8) is 0 Å². The number of likely N-dealkylation sites (tertiary alicyclic amines) is 1. The second-order valence-electron chi connectivity index (χ2n) is 8.21. The summed E-state index contributed by atoms with van der Waals surface area (Å²) in [4.78, 5) is 18.8. The molecule has 2 aromatic rings. The molecule has 7 nitrogen and oxygen atoms in total. The number of benzene rings is 1. The highest BCUT2D eigenvalue weighted by Gasteiger charge is 2.41. The van der Waals surface area contributed by atoms with Crippen LogP contribution in [0.15, 0.2) is 42.7 Å². The molecule has 1 aromatic carbocycles. The summed E-state index contributed by atoms with van der Waals surface area (Å²) in [5.74, 6) is 0.490. The quantitative estimate of drug-likeness (QED) is 0.653. The smallest absolute Gasteiger partial charge is 0.289 e. The van der Waals surface area contributed by atoms with E-state index in [1.165, 1.54) is 5.56 Å². The predicted octanol–water partition coefficient (Wildman–Crippen LogP) is 2.81. The van der Waals surface area contributed by atoms with Crippen molar-refractivity contribution >= 4 is 5.91 Å². The van der Waals surface area contributed by atoms with Crippen LogP contribution in [0.5, 0.6) is 0 Å². The summed E-state index contributed by atoms with van der Waals surface area (Å²) in [7, 11) is 1.85. The van der Waals surface area contributed by atoms with Crippen molar-refractivity contribution in [1.82, 2.24) is 14.5 Å². The first kappa shape index (κ1) is 21.0. The lowest BCUT2D eigenvalue weighted by Crippen LogP contribution is -2.52. The van der Waals surface area contributed by atoms with Gasteiger partial charge in [-0.1, -0.05) is 30.3 Å². The van der Waals surface area contributed by atoms with Crippen LogP contribution in [0.2, 0.25) is 0 Å². The van der Waals surface area contributed by atoms with Crippen molar-refractivity contribution < 1.29 is 19.0 Å². The Morgan fingerprint density at radius 2 is 2.03 bits per heavy atom. The Balaban J connectivity index is 1.19. The molecule has 0 aliphatic carbocycles. The Kier molecular flexibility index (Phi) is 6.82. The molecular formula is C23H31N3O4. The number of hydrogen-bond donors (Lipinski definition) is 0. The molecule has 30 heavy (non-hydrogen) atoms. The Hall–Kier alpha value is -2.22. The molecule has 0 N–H and O–H groups in total. The van der Waals surface area contributed by atoms with Gasteiger partial charge in [-0.25, -0.2) is 4.98 Å². The summed E-state index contributed by atoms with van der Waals surface area (Å²) in [5, 5.41) is 0. The molecule has 2 saturated heterocycles. The molecule has 2 aliphatic heterocycles. The van der Waals surface area contributed by atoms with Crippen LogP contribution < -0.4 is 0 Å². The fraction of sp³-hybridized carbons (Fsp3) is 0.565. The molecule has 4 rings (SSSR count). The third-order valence-electron chi connectivity index (χ3n) is 6.11. The van der Waals surface area contributed by atoms with Crippen molar-refractivity contribution in [3.05, 3.63) is 54.1 Å². The normalized spacial score (nSPS) is 21.1. The van der Waals surface area contributed by atoms with Crippen LogP contribution in [0.25, 0.3) is 0 Å². The van der Waals surface area contributed by atoms with Crippen molar-refractivity contribution in [2.24, 2.45) is 7.05 Å². The standard InChI is InChI=1S/C23H31N3O4/c1-25-13-10-24-21(25)22(27)26-11-8-23(9-12-26)17-20(7-14-30-23)29-16-15-28-18-19-5-3-2-4-6-19/h2-6,10,13,20H,7-9,11-12,14-18H2,1H3. The highest BCUT2D eigenvalue weighted by atomic mass is 16.5. The summed E-state index contributed by atoms with van der Waals surface area (Å²) in [5.41, 5.74) is 1.00. The first-order valence-electron chi connectivity index (χ1n) is 10.8. The van der Waals surface area contributed by atoms with E-state index in [0.29, 0.717) is 45.3 Å². The van der Waals surface area contributed by atoms with E-state index >= 15 is 0 Å². The molecule has 1 amide bonds. The second-order valence-corrected chi connectivity index (χ2v) is 8.21. The largest absolute Gasteiger partial charge is 0.376 e. The lowest BCUT2D eigenvalue weighted by Gasteiger charge is -2.46. The molecule has 162 valence electrons. The minimum absolute atomic E-state index is 0.00322. The average molecular weight is 414 g/mol. The molecule has 2 fully saturated rings. The number of amides is 1. The molecule has 0 saturated carbocycles. The van der Waals surface area contributed by atoms with E-state index in [-0.39, 0.29) is 17.6 Å². The molecule has 1 atom stereocenters. The van der Waals surface area contributed by atoms with E-state index in [2.05, 4.69) is 17.1 Å². The van der Waals surface area contributed by atoms with Crippen LogP contribution in [0.1, 0.15) is 41.9 Å². The van der Waals surface area contributed by atoms with Gasteiger partial charge in [0.1, 0.15) is 0 Å². The number of rotatable bonds is 7. The van der Waals surface area contributed by atoms with Gasteiger partial charge in [-0.3, -0.25) is 4.79 Å². The van der Waals surface area contributed by atoms with E-state index in [1.54, 1.807) is 17.0 Å². The van der Waals surface area contributed by atoms with Gasteiger partial charge >= 0.3 is 0 Å². The molecule has 0 bridgehead atoms. The molecule has 1 spiro atoms. The Bertz CT molecular complexity index is 815. The van der Waals surface area contributed by atoms with Crippen LogP contribution in [0.4, 0.5) is 0 Å². The number of nitrogens with zero attached hydrogens (tertiary/aromatic N) is 3. The molecule has 1 aromatic heterocycles. The Morgan fingerprint density at radius 1 is 1.23 bits per heavy atom. The van der Waals surface area contributed by atoms with E-state index in [0.717, 1.165) is 25.7 Å². The average Bonchev–Trinajstić information content (AvgIpc) is 3.20. The number of aromatic nitrogens is 2. The van der Waals surface area contributed by atoms with Gasteiger partial charge in [0.2, 0.25) is 0 Å². The van der Waals surface area contributed by atoms with Crippen LogP contribution in [0.3, 0.4) is 0 Å². The van der Waals surface area contributed by atoms with Crippen LogP contribution in [-0.4, -0.2) is 65.0 Å². The maximum atomic E-state index is 12.7. The molecular weight excluding hydrogens is 382 g/mol. The summed E-state index contributed by atoms with van der Waals surface area (Å²) in [6, 6.07) is 10.2. The van der Waals surface area contributed by atoms with Crippen molar-refractivity contribution in [3.8, 4) is 0 Å². The summed E-state index contributed by atoms with van der Waals surface area (Å²) in [6.45, 7) is 3.89. The zero-order valence-corrected chi connectivity index (χ0v) is 17.7. The molecule has 0 radical (unpaired) electrons. The maximum Gasteiger partial charge on any atom is 0.289 e. The van der Waals surface area contributed by atoms with E-state index in [4.69, 9.17) is 14.2 Å². The summed E-state index contributed by atoms with van der Waals surface area (Å²) in [6.07, 6.45) is 7.13. The lowest BCUT2D eigenvalue weighted by atomic mass is 9.83. The van der Waals surface area contributed by atoms with E-state index in [9.17, 15) is 4.79 Å². The highest BCUT2D eigenvalue weighted by Crippen LogP contribution is 2.36. The molecule has 1 unspecified atom stereocenters. The fourth-order valence-electron chi connectivity index (χ4n) is 4.34. The van der Waals surface area contributed by atoms with Crippen LogP contribution >= 0.6 is 0 Å². The van der Waals surface area contributed by atoms with Crippen molar-refractivity contribution in [1.29, 1.82) is 0 Å². The van der Waals surface area contributed by atoms with Gasteiger partial charge in [-0.05, 0) is 24.8 Å². The molecule has 2 aliphatic rings. The summed E-state index contributed by atoms with van der Waals surface area (Å²) < 4.78 is 19.8. The molecule has 3 heterocycles.